The number of amides is 1. The van der Waals surface area contributed by atoms with Gasteiger partial charge in [0.1, 0.15) is 5.75 Å². The molecular formula is C16H26N2O2. The van der Waals surface area contributed by atoms with Gasteiger partial charge in [-0.3, -0.25) is 4.79 Å². The molecule has 1 aromatic rings. The number of hydrogen-bond donors (Lipinski definition) is 1. The monoisotopic (exact) mass is 278 g/mol. The second kappa shape index (κ2) is 6.75. The molecule has 0 aliphatic carbocycles. The van der Waals surface area contributed by atoms with Gasteiger partial charge in [0.05, 0.1) is 18.7 Å². The van der Waals surface area contributed by atoms with Gasteiger partial charge in [-0.05, 0) is 25.8 Å². The Balaban J connectivity index is 3.02. The molecule has 0 fully saturated rings. The summed E-state index contributed by atoms with van der Waals surface area (Å²) in [4.78, 5) is 14.3. The van der Waals surface area contributed by atoms with E-state index in [2.05, 4.69) is 0 Å². The summed E-state index contributed by atoms with van der Waals surface area (Å²) in [6.45, 7) is 5.88. The van der Waals surface area contributed by atoms with Gasteiger partial charge in [-0.1, -0.05) is 32.0 Å². The van der Waals surface area contributed by atoms with Gasteiger partial charge in [-0.25, -0.2) is 0 Å². The van der Waals surface area contributed by atoms with Crippen molar-refractivity contribution in [3.8, 4) is 5.75 Å². The summed E-state index contributed by atoms with van der Waals surface area (Å²) in [6.07, 6.45) is 1.26. The van der Waals surface area contributed by atoms with E-state index in [0.717, 1.165) is 11.3 Å². The number of carbonyl (C=O) groups is 1. The van der Waals surface area contributed by atoms with Gasteiger partial charge in [0.15, 0.2) is 0 Å². The zero-order chi connectivity index (χ0) is 15.3. The highest BCUT2D eigenvalue weighted by molar-refractivity contribution is 5.86. The molecule has 112 valence electrons. The normalized spacial score (nSPS) is 12.9. The fraction of sp³-hybridized carbons (Fsp3) is 0.562. The van der Waals surface area contributed by atoms with Crippen LogP contribution >= 0.6 is 0 Å². The molecule has 4 nitrogen and oxygen atoms in total. The third-order valence-corrected chi connectivity index (χ3v) is 4.18. The van der Waals surface area contributed by atoms with Gasteiger partial charge in [-0.2, -0.15) is 0 Å². The average Bonchev–Trinajstić information content (AvgIpc) is 2.51. The molecule has 0 aromatic heterocycles. The smallest absolute Gasteiger partial charge is 0.242 e. The Bertz CT molecular complexity index is 456. The Morgan fingerprint density at radius 1 is 1.35 bits per heavy atom. The molecule has 0 bridgehead atoms. The number of para-hydroxylation sites is 1. The lowest BCUT2D eigenvalue weighted by Crippen LogP contribution is -2.54. The van der Waals surface area contributed by atoms with E-state index in [1.165, 1.54) is 0 Å². The van der Waals surface area contributed by atoms with Crippen molar-refractivity contribution in [1.29, 1.82) is 0 Å². The van der Waals surface area contributed by atoms with Crippen molar-refractivity contribution >= 4 is 5.91 Å². The summed E-state index contributed by atoms with van der Waals surface area (Å²) >= 11 is 0. The molecule has 20 heavy (non-hydrogen) atoms. The van der Waals surface area contributed by atoms with Crippen LogP contribution in [-0.2, 0) is 4.79 Å². The van der Waals surface area contributed by atoms with Crippen molar-refractivity contribution in [3.05, 3.63) is 29.8 Å². The first-order valence-electron chi connectivity index (χ1n) is 7.10. The van der Waals surface area contributed by atoms with E-state index in [1.54, 1.807) is 19.1 Å². The highest BCUT2D eigenvalue weighted by atomic mass is 16.5. The average molecular weight is 278 g/mol. The summed E-state index contributed by atoms with van der Waals surface area (Å²) in [5.74, 6) is 0.760. The topological polar surface area (TPSA) is 55.6 Å². The maximum atomic E-state index is 12.6. The lowest BCUT2D eigenvalue weighted by Gasteiger charge is -2.34. The lowest BCUT2D eigenvalue weighted by atomic mass is 9.91. The first-order chi connectivity index (χ1) is 9.41. The first-order valence-corrected chi connectivity index (χ1v) is 7.10. The summed E-state index contributed by atoms with van der Waals surface area (Å²) in [6, 6.07) is 7.66. The summed E-state index contributed by atoms with van der Waals surface area (Å²) in [7, 11) is 3.44. The number of nitrogens with zero attached hydrogens (tertiary/aromatic N) is 1. The molecule has 0 aliphatic heterocycles. The van der Waals surface area contributed by atoms with Crippen molar-refractivity contribution in [2.45, 2.75) is 45.2 Å². The summed E-state index contributed by atoms with van der Waals surface area (Å²) < 4.78 is 5.37. The molecule has 0 heterocycles. The maximum absolute atomic E-state index is 12.6. The van der Waals surface area contributed by atoms with Crippen LogP contribution in [0.5, 0.6) is 5.75 Å². The largest absolute Gasteiger partial charge is 0.496 e. The molecule has 0 aliphatic rings. The predicted molar refractivity (Wildman–Crippen MR) is 81.7 cm³/mol. The van der Waals surface area contributed by atoms with Crippen LogP contribution in [0.25, 0.3) is 0 Å². The minimum absolute atomic E-state index is 0.0269. The Morgan fingerprint density at radius 2 is 1.90 bits per heavy atom. The molecule has 0 radical (unpaired) electrons. The molecule has 0 spiro atoms. The minimum Gasteiger partial charge on any atom is -0.496 e. The van der Waals surface area contributed by atoms with E-state index in [9.17, 15) is 4.79 Å². The van der Waals surface area contributed by atoms with Gasteiger partial charge in [-0.15, -0.1) is 0 Å². The van der Waals surface area contributed by atoms with Crippen LogP contribution in [0, 0.1) is 0 Å². The third kappa shape index (κ3) is 3.12. The number of hydrogen-bond acceptors (Lipinski definition) is 3. The molecule has 1 unspecified atom stereocenters. The second-order valence-electron chi connectivity index (χ2n) is 5.20. The SMILES string of the molecule is CCC(N)(CC)C(=O)N(C)C(C)c1ccccc1OC. The second-order valence-corrected chi connectivity index (χ2v) is 5.20. The molecule has 1 amide bonds. The standard InChI is InChI=1S/C16H26N2O2/c1-6-16(17,7-2)15(19)18(4)12(3)13-10-8-9-11-14(13)20-5/h8-12H,6-7,17H2,1-5H3. The van der Waals surface area contributed by atoms with E-state index in [-0.39, 0.29) is 11.9 Å². The molecule has 2 N–H and O–H groups in total. The number of nitrogens with two attached hydrogens (primary N) is 1. The van der Waals surface area contributed by atoms with E-state index in [1.807, 2.05) is 45.0 Å². The Kier molecular flexibility index (Phi) is 5.57. The zero-order valence-corrected chi connectivity index (χ0v) is 13.1. The van der Waals surface area contributed by atoms with Crippen molar-refractivity contribution in [1.82, 2.24) is 4.90 Å². The van der Waals surface area contributed by atoms with Crippen molar-refractivity contribution in [3.63, 3.8) is 0 Å². The van der Waals surface area contributed by atoms with Crippen molar-refractivity contribution in [2.24, 2.45) is 5.73 Å². The van der Waals surface area contributed by atoms with Gasteiger partial charge >= 0.3 is 0 Å². The van der Waals surface area contributed by atoms with Gasteiger partial charge in [0.25, 0.3) is 0 Å². The lowest BCUT2D eigenvalue weighted by molar-refractivity contribution is -0.138. The van der Waals surface area contributed by atoms with E-state index in [4.69, 9.17) is 10.5 Å². The minimum atomic E-state index is -0.787. The molecule has 4 heteroatoms. The Labute approximate surface area is 121 Å². The molecule has 1 aromatic carbocycles. The van der Waals surface area contributed by atoms with Gasteiger partial charge < -0.3 is 15.4 Å². The van der Waals surface area contributed by atoms with Crippen LogP contribution in [0.4, 0.5) is 0 Å². The summed E-state index contributed by atoms with van der Waals surface area (Å²) in [5.41, 5.74) is 6.40. The highest BCUT2D eigenvalue weighted by Crippen LogP contribution is 2.29. The number of carbonyl (C=O) groups excluding carboxylic acids is 1. The molecule has 1 atom stereocenters. The quantitative estimate of drug-likeness (QED) is 0.870. The van der Waals surface area contributed by atoms with Crippen LogP contribution in [0.2, 0.25) is 0 Å². The number of methoxy groups -OCH3 is 1. The van der Waals surface area contributed by atoms with Crippen molar-refractivity contribution < 1.29 is 9.53 Å². The predicted octanol–water partition coefficient (Wildman–Crippen LogP) is 2.73. The number of benzene rings is 1. The molecule has 1 rings (SSSR count). The number of rotatable bonds is 6. The number of ether oxygens (including phenoxy) is 1. The zero-order valence-electron chi connectivity index (χ0n) is 13.1. The Morgan fingerprint density at radius 3 is 2.40 bits per heavy atom. The molecule has 0 saturated carbocycles. The first kappa shape index (κ1) is 16.5. The summed E-state index contributed by atoms with van der Waals surface area (Å²) in [5, 5.41) is 0. The molecular weight excluding hydrogens is 252 g/mol. The van der Waals surface area contributed by atoms with Crippen LogP contribution in [0.1, 0.15) is 45.2 Å². The van der Waals surface area contributed by atoms with Crippen molar-refractivity contribution in [2.75, 3.05) is 14.2 Å². The van der Waals surface area contributed by atoms with Gasteiger partial charge in [0, 0.05) is 12.6 Å². The van der Waals surface area contributed by atoms with Crippen LogP contribution in [-0.4, -0.2) is 30.5 Å². The molecule has 0 saturated heterocycles. The highest BCUT2D eigenvalue weighted by Gasteiger charge is 2.34. The van der Waals surface area contributed by atoms with E-state index < -0.39 is 5.54 Å². The van der Waals surface area contributed by atoms with Crippen LogP contribution in [0.15, 0.2) is 24.3 Å². The Hall–Kier alpha value is -1.55. The maximum Gasteiger partial charge on any atom is 0.242 e. The third-order valence-electron chi connectivity index (χ3n) is 4.18. The van der Waals surface area contributed by atoms with E-state index in [0.29, 0.717) is 12.8 Å². The van der Waals surface area contributed by atoms with Crippen LogP contribution < -0.4 is 10.5 Å². The fourth-order valence-corrected chi connectivity index (χ4v) is 2.30. The van der Waals surface area contributed by atoms with E-state index >= 15 is 0 Å². The number of likely N-dealkylation sites (N-methyl/N-ethyl adjacent to an activating group) is 1. The van der Waals surface area contributed by atoms with Crippen LogP contribution in [0.3, 0.4) is 0 Å². The fourth-order valence-electron chi connectivity index (χ4n) is 2.30. The van der Waals surface area contributed by atoms with Gasteiger partial charge in [0.2, 0.25) is 5.91 Å².